The van der Waals surface area contributed by atoms with E-state index in [9.17, 15) is 24.6 Å². The molecule has 0 spiro atoms. The Kier molecular flexibility index (Phi) is 8.76. The molecule has 3 N–H and O–H groups in total. The van der Waals surface area contributed by atoms with Crippen LogP contribution >= 0.6 is 0 Å². The predicted octanol–water partition coefficient (Wildman–Crippen LogP) is 7.16. The van der Waals surface area contributed by atoms with Gasteiger partial charge in [0.2, 0.25) is 0 Å². The number of anilines is 2. The van der Waals surface area contributed by atoms with Gasteiger partial charge in [-0.15, -0.1) is 0 Å². The van der Waals surface area contributed by atoms with Crippen molar-refractivity contribution < 1.29 is 34.1 Å². The van der Waals surface area contributed by atoms with Crippen LogP contribution in [0.3, 0.4) is 0 Å². The molecule has 0 aliphatic heterocycles. The lowest BCUT2D eigenvalue weighted by molar-refractivity contribution is -0.144. The van der Waals surface area contributed by atoms with E-state index in [0.717, 1.165) is 11.1 Å². The van der Waals surface area contributed by atoms with Crippen LogP contribution in [-0.4, -0.2) is 34.3 Å². The van der Waals surface area contributed by atoms with Crippen LogP contribution in [0.15, 0.2) is 109 Å². The number of para-hydroxylation sites is 2. The van der Waals surface area contributed by atoms with Gasteiger partial charge in [0.1, 0.15) is 17.2 Å². The van der Waals surface area contributed by atoms with E-state index in [4.69, 9.17) is 9.47 Å². The van der Waals surface area contributed by atoms with Gasteiger partial charge in [0.05, 0.1) is 23.5 Å². The molecular formula is C35H30N2O7. The number of fused-ring (bicyclic) bond motifs is 1. The summed E-state index contributed by atoms with van der Waals surface area (Å²) in [5.41, 5.74) is 2.51. The summed E-state index contributed by atoms with van der Waals surface area (Å²) in [5.74, 6) is -1.50. The molecule has 0 aliphatic rings. The Balaban J connectivity index is 1.49. The first-order valence-corrected chi connectivity index (χ1v) is 13.9. The number of carbonyl (C=O) groups is 3. The number of carbonyl (C=O) groups excluding carboxylic acids is 2. The lowest BCUT2D eigenvalue weighted by Gasteiger charge is -2.24. The highest BCUT2D eigenvalue weighted by molar-refractivity contribution is 6.12. The molecule has 1 atom stereocenters. The fraction of sp³-hybridized carbons (Fsp3) is 0.114. The minimum absolute atomic E-state index is 0.0207. The number of nitrogens with zero attached hydrogens (tertiary/aromatic N) is 1. The van der Waals surface area contributed by atoms with Gasteiger partial charge in [0.15, 0.2) is 6.10 Å². The van der Waals surface area contributed by atoms with Gasteiger partial charge in [-0.05, 0) is 61.4 Å². The lowest BCUT2D eigenvalue weighted by atomic mass is 10.0. The molecule has 0 saturated carbocycles. The van der Waals surface area contributed by atoms with Gasteiger partial charge in [0, 0.05) is 10.8 Å². The number of nitrogens with one attached hydrogen (secondary N) is 1. The molecule has 0 aromatic heterocycles. The van der Waals surface area contributed by atoms with Crippen molar-refractivity contribution in [1.82, 2.24) is 0 Å². The average molecular weight is 591 g/mol. The summed E-state index contributed by atoms with van der Waals surface area (Å²) >= 11 is 0. The van der Waals surface area contributed by atoms with Crippen LogP contribution in [0.5, 0.6) is 17.2 Å². The molecule has 0 aliphatic carbocycles. The molecule has 9 nitrogen and oxygen atoms in total. The number of aryl methyl sites for hydroxylation is 1. The summed E-state index contributed by atoms with van der Waals surface area (Å²) < 4.78 is 11.2. The molecule has 0 fully saturated rings. The lowest BCUT2D eigenvalue weighted by Crippen LogP contribution is -2.33. The summed E-state index contributed by atoms with van der Waals surface area (Å²) in [6.07, 6.45) is -1.75. The Morgan fingerprint density at radius 3 is 2.32 bits per heavy atom. The van der Waals surface area contributed by atoms with Crippen LogP contribution in [0.1, 0.15) is 28.4 Å². The largest absolute Gasteiger partial charge is 0.506 e. The van der Waals surface area contributed by atoms with Crippen LogP contribution < -0.4 is 19.7 Å². The third kappa shape index (κ3) is 6.63. The predicted molar refractivity (Wildman–Crippen MR) is 168 cm³/mol. The molecule has 5 rings (SSSR count). The van der Waals surface area contributed by atoms with Gasteiger partial charge in [-0.2, -0.15) is 0 Å². The van der Waals surface area contributed by atoms with Crippen molar-refractivity contribution in [3.05, 3.63) is 126 Å². The minimum atomic E-state index is -1.15. The smallest absolute Gasteiger partial charge is 0.420 e. The number of aromatic hydroxyl groups is 1. The zero-order chi connectivity index (χ0) is 31.2. The molecule has 44 heavy (non-hydrogen) atoms. The number of amides is 2. The molecule has 2 amide bonds. The molecule has 0 radical (unpaired) electrons. The number of ether oxygens (including phenoxy) is 2. The highest BCUT2D eigenvalue weighted by Crippen LogP contribution is 2.37. The van der Waals surface area contributed by atoms with E-state index in [2.05, 4.69) is 5.32 Å². The van der Waals surface area contributed by atoms with Crippen LogP contribution in [0.4, 0.5) is 16.2 Å². The highest BCUT2D eigenvalue weighted by atomic mass is 16.6. The van der Waals surface area contributed by atoms with Crippen molar-refractivity contribution in [1.29, 1.82) is 0 Å². The van der Waals surface area contributed by atoms with Gasteiger partial charge in [0.25, 0.3) is 5.91 Å². The number of rotatable bonds is 9. The molecule has 0 saturated heterocycles. The monoisotopic (exact) mass is 590 g/mol. The van der Waals surface area contributed by atoms with E-state index in [1.807, 2.05) is 43.3 Å². The average Bonchev–Trinajstić information content (AvgIpc) is 3.01. The fourth-order valence-electron chi connectivity index (χ4n) is 4.70. The van der Waals surface area contributed by atoms with Gasteiger partial charge in [-0.25, -0.2) is 9.59 Å². The Bertz CT molecular complexity index is 1840. The van der Waals surface area contributed by atoms with E-state index in [-0.39, 0.29) is 29.3 Å². The van der Waals surface area contributed by atoms with Crippen LogP contribution in [-0.2, 0) is 11.3 Å². The summed E-state index contributed by atoms with van der Waals surface area (Å²) in [5, 5.41) is 24.1. The second-order valence-electron chi connectivity index (χ2n) is 10.1. The first kappa shape index (κ1) is 29.7. The van der Waals surface area contributed by atoms with Crippen LogP contribution in [0.25, 0.3) is 10.8 Å². The molecule has 5 aromatic carbocycles. The molecular weight excluding hydrogens is 560 g/mol. The molecule has 1 unspecified atom stereocenters. The standard InChI is InChI=1S/C35H30N2O7/c1-22-10-8-13-25(20-22)44-35(42)37(21-24-11-4-3-5-12-24)30-16-9-14-27-26(30)18-19-28(32(27)38)33(39)36-29-15-6-7-17-31(29)43-23(2)34(40)41/h3-20,23,38H,21H2,1-2H3,(H,36,39)(H,40,41). The van der Waals surface area contributed by atoms with Gasteiger partial charge in [-0.3, -0.25) is 9.69 Å². The Morgan fingerprint density at radius 1 is 0.841 bits per heavy atom. The topological polar surface area (TPSA) is 125 Å². The summed E-state index contributed by atoms with van der Waals surface area (Å²) in [6.45, 7) is 3.48. The van der Waals surface area contributed by atoms with Crippen molar-refractivity contribution >= 4 is 40.1 Å². The van der Waals surface area contributed by atoms with Crippen molar-refractivity contribution in [2.75, 3.05) is 10.2 Å². The van der Waals surface area contributed by atoms with Crippen molar-refractivity contribution in [2.45, 2.75) is 26.5 Å². The molecule has 0 heterocycles. The maximum Gasteiger partial charge on any atom is 0.420 e. The summed E-state index contributed by atoms with van der Waals surface area (Å²) in [7, 11) is 0. The normalized spacial score (nSPS) is 11.4. The SMILES string of the molecule is Cc1cccc(OC(=O)N(Cc2ccccc2)c2cccc3c(O)c(C(=O)Nc4ccccc4OC(C)C(=O)O)ccc23)c1. The van der Waals surface area contributed by atoms with Crippen molar-refractivity contribution in [2.24, 2.45) is 0 Å². The molecule has 0 bridgehead atoms. The maximum absolute atomic E-state index is 13.6. The Hall–Kier alpha value is -5.83. The third-order valence-electron chi connectivity index (χ3n) is 6.93. The maximum atomic E-state index is 13.6. The number of carboxylic acids is 1. The van der Waals surface area contributed by atoms with E-state index in [1.54, 1.807) is 66.7 Å². The molecule has 9 heteroatoms. The van der Waals surface area contributed by atoms with E-state index >= 15 is 0 Å². The first-order valence-electron chi connectivity index (χ1n) is 13.9. The molecule has 5 aromatic rings. The minimum Gasteiger partial charge on any atom is -0.506 e. The number of carboxylic acid groups (broad SMARTS) is 1. The molecule has 222 valence electrons. The summed E-state index contributed by atoms with van der Waals surface area (Å²) in [4.78, 5) is 39.7. The van der Waals surface area contributed by atoms with Gasteiger partial charge >= 0.3 is 12.1 Å². The zero-order valence-corrected chi connectivity index (χ0v) is 24.1. The van der Waals surface area contributed by atoms with Crippen LogP contribution in [0, 0.1) is 6.92 Å². The number of hydrogen-bond donors (Lipinski definition) is 3. The summed E-state index contributed by atoms with van der Waals surface area (Å²) in [6, 6.07) is 31.3. The fourth-order valence-corrected chi connectivity index (χ4v) is 4.70. The van der Waals surface area contributed by atoms with Crippen molar-refractivity contribution in [3.63, 3.8) is 0 Å². The third-order valence-corrected chi connectivity index (χ3v) is 6.93. The number of phenolic OH excluding ortho intramolecular Hbond substituents is 1. The second-order valence-corrected chi connectivity index (χ2v) is 10.1. The van der Waals surface area contributed by atoms with Crippen LogP contribution in [0.2, 0.25) is 0 Å². The van der Waals surface area contributed by atoms with E-state index < -0.39 is 24.1 Å². The second kappa shape index (κ2) is 13.0. The number of aliphatic carboxylic acids is 1. The van der Waals surface area contributed by atoms with Gasteiger partial charge in [-0.1, -0.05) is 72.8 Å². The first-order chi connectivity index (χ1) is 21.2. The number of phenols is 1. The zero-order valence-electron chi connectivity index (χ0n) is 24.1. The highest BCUT2D eigenvalue weighted by Gasteiger charge is 2.24. The number of benzene rings is 5. The quantitative estimate of drug-likeness (QED) is 0.166. The number of hydrogen-bond acceptors (Lipinski definition) is 6. The van der Waals surface area contributed by atoms with Gasteiger partial charge < -0.3 is 25.0 Å². The van der Waals surface area contributed by atoms with E-state index in [1.165, 1.54) is 17.9 Å². The Morgan fingerprint density at radius 2 is 1.57 bits per heavy atom. The van der Waals surface area contributed by atoms with E-state index in [0.29, 0.717) is 22.2 Å². The Labute approximate surface area is 253 Å². The van der Waals surface area contributed by atoms with Crippen molar-refractivity contribution in [3.8, 4) is 17.2 Å².